The Morgan fingerprint density at radius 2 is 1.76 bits per heavy atom. The van der Waals surface area contributed by atoms with E-state index in [1.807, 2.05) is 0 Å². The highest BCUT2D eigenvalue weighted by molar-refractivity contribution is 6.10. The van der Waals surface area contributed by atoms with E-state index < -0.39 is 23.6 Å². The Labute approximate surface area is 254 Å². The number of alkyl halides is 3. The summed E-state index contributed by atoms with van der Waals surface area (Å²) in [5, 5.41) is 4.26. The molecule has 1 amide bonds. The van der Waals surface area contributed by atoms with Gasteiger partial charge in [-0.3, -0.25) is 4.79 Å². The lowest BCUT2D eigenvalue weighted by Crippen LogP contribution is -2.19. The van der Waals surface area contributed by atoms with Crippen molar-refractivity contribution >= 4 is 29.0 Å². The summed E-state index contributed by atoms with van der Waals surface area (Å²) < 4.78 is 63.1. The predicted molar refractivity (Wildman–Crippen MR) is 159 cm³/mol. The Bertz CT molecular complexity index is 1940. The Balaban J connectivity index is 1.23. The number of para-hydroxylation sites is 1. The van der Waals surface area contributed by atoms with Crippen molar-refractivity contribution in [3.8, 4) is 34.1 Å². The van der Waals surface area contributed by atoms with Gasteiger partial charge in [0, 0.05) is 10.9 Å². The lowest BCUT2D eigenvalue weighted by molar-refractivity contribution is -0.136. The molecule has 0 radical (unpaired) electrons. The fraction of sp³-hybridized carbons (Fsp3) is 0.121. The highest BCUT2D eigenvalue weighted by Crippen LogP contribution is 2.40. The second-order valence-corrected chi connectivity index (χ2v) is 9.76. The number of rotatable bonds is 8. The average molecular weight is 616 g/mol. The van der Waals surface area contributed by atoms with Crippen LogP contribution in [-0.2, 0) is 6.18 Å². The molecule has 1 aliphatic heterocycles. The molecule has 0 aliphatic carbocycles. The van der Waals surface area contributed by atoms with Crippen molar-refractivity contribution in [2.24, 2.45) is 5.10 Å². The smallest absolute Gasteiger partial charge is 0.418 e. The van der Waals surface area contributed by atoms with E-state index >= 15 is 0 Å². The largest absolute Gasteiger partial charge is 0.490 e. The molecule has 2 heterocycles. The van der Waals surface area contributed by atoms with E-state index in [-0.39, 0.29) is 47.1 Å². The van der Waals surface area contributed by atoms with Gasteiger partial charge >= 0.3 is 12.1 Å². The maximum atomic E-state index is 13.8. The Hall–Kier alpha value is -5.78. The molecule has 12 heteroatoms. The summed E-state index contributed by atoms with van der Waals surface area (Å²) in [7, 11) is 0. The van der Waals surface area contributed by atoms with Crippen LogP contribution in [0, 0.1) is 0 Å². The monoisotopic (exact) mass is 615 g/mol. The third kappa shape index (κ3) is 6.03. The Morgan fingerprint density at radius 1 is 0.956 bits per heavy atom. The number of nitrogens with zero attached hydrogens (tertiary/aromatic N) is 1. The quantitative estimate of drug-likeness (QED) is 0.0845. The number of halogens is 3. The fourth-order valence-electron chi connectivity index (χ4n) is 4.89. The molecule has 6 rings (SSSR count). The van der Waals surface area contributed by atoms with Crippen molar-refractivity contribution in [2.75, 3.05) is 13.4 Å². The highest BCUT2D eigenvalue weighted by Gasteiger charge is 2.34. The molecule has 0 bridgehead atoms. The Morgan fingerprint density at radius 3 is 2.53 bits per heavy atom. The first-order chi connectivity index (χ1) is 21.7. The van der Waals surface area contributed by atoms with Crippen molar-refractivity contribution < 1.29 is 41.7 Å². The molecule has 9 nitrogen and oxygen atoms in total. The molecule has 5 aromatic rings. The van der Waals surface area contributed by atoms with Crippen LogP contribution >= 0.6 is 0 Å². The number of carbonyl (C=O) groups is 2. The molecule has 1 aliphatic rings. The maximum Gasteiger partial charge on any atom is 0.418 e. The lowest BCUT2D eigenvalue weighted by atomic mass is 10.0. The minimum atomic E-state index is -4.63. The molecule has 0 saturated carbocycles. The topological polar surface area (TPSA) is 111 Å². The summed E-state index contributed by atoms with van der Waals surface area (Å²) >= 11 is 0. The van der Waals surface area contributed by atoms with Crippen LogP contribution in [0.15, 0.2) is 90.0 Å². The number of hydrazone groups is 1. The minimum absolute atomic E-state index is 0.0702. The average Bonchev–Trinajstić information content (AvgIpc) is 3.67. The van der Waals surface area contributed by atoms with Crippen LogP contribution in [0.1, 0.15) is 38.9 Å². The number of aromatic amines is 1. The van der Waals surface area contributed by atoms with E-state index in [4.69, 9.17) is 18.9 Å². The van der Waals surface area contributed by atoms with Crippen LogP contribution in [0.5, 0.6) is 23.0 Å². The zero-order chi connectivity index (χ0) is 31.6. The van der Waals surface area contributed by atoms with Gasteiger partial charge in [-0.2, -0.15) is 18.3 Å². The van der Waals surface area contributed by atoms with Crippen LogP contribution in [-0.4, -0.2) is 36.5 Å². The van der Waals surface area contributed by atoms with Crippen molar-refractivity contribution in [1.29, 1.82) is 0 Å². The maximum absolute atomic E-state index is 13.8. The predicted octanol–water partition coefficient (Wildman–Crippen LogP) is 6.96. The molecular formula is C33H24F3N3O6. The van der Waals surface area contributed by atoms with E-state index in [1.165, 1.54) is 30.5 Å². The number of nitrogens with one attached hydrogen (secondary N) is 2. The molecule has 4 aromatic carbocycles. The second kappa shape index (κ2) is 12.1. The zero-order valence-electron chi connectivity index (χ0n) is 23.6. The normalized spacial score (nSPS) is 12.4. The van der Waals surface area contributed by atoms with Gasteiger partial charge in [-0.05, 0) is 60.5 Å². The number of ether oxygens (including phenoxy) is 4. The summed E-state index contributed by atoms with van der Waals surface area (Å²) in [4.78, 5) is 28.7. The standard InChI is InChI=1S/C33H24F3N3O6/c1-2-42-26-15-19(11-13-25(26)45-32(41)21-12-14-24-27(16-21)44-18-43-24)17-37-39-31(40)30-28(20-7-4-3-5-8-20)22-9-6-10-23(29(22)38-30)33(34,35)36/h3-17,38H,2,18H2,1H3,(H,39,40). The molecule has 0 spiro atoms. The number of carbonyl (C=O) groups excluding carboxylic acids is 2. The highest BCUT2D eigenvalue weighted by atomic mass is 19.4. The second-order valence-electron chi connectivity index (χ2n) is 9.76. The SMILES string of the molecule is CCOc1cc(C=NNC(=O)c2[nH]c3c(C(F)(F)F)cccc3c2-c2ccccc2)ccc1OC(=O)c1ccc2c(c1)OCO2. The van der Waals surface area contributed by atoms with Crippen LogP contribution < -0.4 is 24.4 Å². The summed E-state index contributed by atoms with van der Waals surface area (Å²) in [6, 6.07) is 21.8. The van der Waals surface area contributed by atoms with Crippen LogP contribution in [0.3, 0.4) is 0 Å². The van der Waals surface area contributed by atoms with E-state index in [2.05, 4.69) is 15.5 Å². The molecule has 45 heavy (non-hydrogen) atoms. The Kier molecular flexibility index (Phi) is 7.86. The van der Waals surface area contributed by atoms with Crippen molar-refractivity contribution in [1.82, 2.24) is 10.4 Å². The lowest BCUT2D eigenvalue weighted by Gasteiger charge is -2.11. The minimum Gasteiger partial charge on any atom is -0.490 e. The number of benzene rings is 4. The summed E-state index contributed by atoms with van der Waals surface area (Å²) in [5.41, 5.74) is 2.84. The molecule has 0 saturated heterocycles. The number of esters is 1. The van der Waals surface area contributed by atoms with Gasteiger partial charge in [0.25, 0.3) is 5.91 Å². The summed E-state index contributed by atoms with van der Waals surface area (Å²) in [5.74, 6) is 0.00424. The third-order valence-corrected chi connectivity index (χ3v) is 6.89. The van der Waals surface area contributed by atoms with E-state index in [1.54, 1.807) is 61.5 Å². The first kappa shape index (κ1) is 29.3. The van der Waals surface area contributed by atoms with E-state index in [9.17, 15) is 22.8 Å². The molecule has 2 N–H and O–H groups in total. The van der Waals surface area contributed by atoms with Crippen molar-refractivity contribution in [2.45, 2.75) is 13.1 Å². The van der Waals surface area contributed by atoms with Gasteiger partial charge in [-0.1, -0.05) is 42.5 Å². The van der Waals surface area contributed by atoms with Crippen LogP contribution in [0.4, 0.5) is 13.2 Å². The number of fused-ring (bicyclic) bond motifs is 2. The first-order valence-electron chi connectivity index (χ1n) is 13.7. The molecule has 0 unspecified atom stereocenters. The van der Waals surface area contributed by atoms with Crippen LogP contribution in [0.25, 0.3) is 22.0 Å². The zero-order valence-corrected chi connectivity index (χ0v) is 23.6. The first-order valence-corrected chi connectivity index (χ1v) is 13.7. The van der Waals surface area contributed by atoms with E-state index in [0.29, 0.717) is 28.2 Å². The number of H-pyrrole nitrogens is 1. The van der Waals surface area contributed by atoms with Gasteiger partial charge in [0.15, 0.2) is 23.0 Å². The molecule has 1 aromatic heterocycles. The van der Waals surface area contributed by atoms with Gasteiger partial charge in [-0.25, -0.2) is 10.2 Å². The fourth-order valence-corrected chi connectivity index (χ4v) is 4.89. The third-order valence-electron chi connectivity index (χ3n) is 6.89. The summed E-state index contributed by atoms with van der Waals surface area (Å²) in [6.45, 7) is 2.11. The number of hydrogen-bond acceptors (Lipinski definition) is 7. The summed E-state index contributed by atoms with van der Waals surface area (Å²) in [6.07, 6.45) is -3.30. The molecule has 0 fully saturated rings. The van der Waals surface area contributed by atoms with Gasteiger partial charge in [0.05, 0.1) is 29.5 Å². The number of aromatic nitrogens is 1. The van der Waals surface area contributed by atoms with Gasteiger partial charge in [0.1, 0.15) is 5.69 Å². The van der Waals surface area contributed by atoms with Gasteiger partial charge in [0.2, 0.25) is 6.79 Å². The number of amides is 1. The molecular weight excluding hydrogens is 591 g/mol. The van der Waals surface area contributed by atoms with Gasteiger partial charge < -0.3 is 23.9 Å². The van der Waals surface area contributed by atoms with E-state index in [0.717, 1.165) is 6.07 Å². The van der Waals surface area contributed by atoms with Gasteiger partial charge in [-0.15, -0.1) is 0 Å². The molecule has 0 atom stereocenters. The number of hydrogen-bond donors (Lipinski definition) is 2. The van der Waals surface area contributed by atoms with Crippen molar-refractivity contribution in [3.63, 3.8) is 0 Å². The van der Waals surface area contributed by atoms with Crippen LogP contribution in [0.2, 0.25) is 0 Å². The molecule has 228 valence electrons. The van der Waals surface area contributed by atoms with Crippen molar-refractivity contribution in [3.05, 3.63) is 107 Å².